The topological polar surface area (TPSA) is 142 Å². The van der Waals surface area contributed by atoms with Gasteiger partial charge in [0.15, 0.2) is 5.17 Å². The van der Waals surface area contributed by atoms with Crippen LogP contribution in [0.4, 0.5) is 11.4 Å². The highest BCUT2D eigenvalue weighted by molar-refractivity contribution is 8.18. The van der Waals surface area contributed by atoms with Crippen molar-refractivity contribution in [1.29, 1.82) is 0 Å². The van der Waals surface area contributed by atoms with Gasteiger partial charge in [-0.05, 0) is 53.7 Å². The molecule has 0 unspecified atom stereocenters. The molecule has 3 rings (SSSR count). The van der Waals surface area contributed by atoms with Crippen molar-refractivity contribution < 1.29 is 24.7 Å². The lowest BCUT2D eigenvalue weighted by molar-refractivity contribution is -0.384. The van der Waals surface area contributed by atoms with E-state index in [0.29, 0.717) is 10.5 Å². The van der Waals surface area contributed by atoms with Crippen molar-refractivity contribution in [2.45, 2.75) is 0 Å². The van der Waals surface area contributed by atoms with Crippen molar-refractivity contribution in [3.05, 3.63) is 68.6 Å². The molecule has 0 aromatic heterocycles. The summed E-state index contributed by atoms with van der Waals surface area (Å²) in [4.78, 5) is 37.8. The standard InChI is InChI=1S/C17H11N3O6S/c21-13-6-3-10(8-12(13)16(23)24)18-17-19-15(22)14(27-17)7-9-1-4-11(5-2-9)20(25)26/h1-8,21H,(H,23,24)(H,18,19,22)/b14-7-. The molecule has 0 aliphatic carbocycles. The molecule has 3 N–H and O–H groups in total. The first-order chi connectivity index (χ1) is 12.8. The number of nitro benzene ring substituents is 1. The monoisotopic (exact) mass is 385 g/mol. The zero-order chi connectivity index (χ0) is 19.6. The van der Waals surface area contributed by atoms with Crippen molar-refractivity contribution in [3.8, 4) is 5.75 Å². The van der Waals surface area contributed by atoms with E-state index in [1.807, 2.05) is 0 Å². The number of aliphatic imine (C=N–C) groups is 1. The number of carboxylic acids is 1. The minimum absolute atomic E-state index is 0.0514. The van der Waals surface area contributed by atoms with Crippen LogP contribution in [0, 0.1) is 10.1 Å². The first-order valence-corrected chi connectivity index (χ1v) is 8.25. The van der Waals surface area contributed by atoms with Gasteiger partial charge in [0.1, 0.15) is 11.3 Å². The number of amidine groups is 1. The molecule has 2 aromatic rings. The Morgan fingerprint density at radius 2 is 1.93 bits per heavy atom. The molecule has 0 spiro atoms. The van der Waals surface area contributed by atoms with Crippen molar-refractivity contribution in [3.63, 3.8) is 0 Å². The van der Waals surface area contributed by atoms with Gasteiger partial charge in [0.05, 0.1) is 15.5 Å². The van der Waals surface area contributed by atoms with Gasteiger partial charge < -0.3 is 15.5 Å². The number of carbonyl (C=O) groups is 2. The lowest BCUT2D eigenvalue weighted by Crippen LogP contribution is -2.19. The Kier molecular flexibility index (Phi) is 4.90. The van der Waals surface area contributed by atoms with Gasteiger partial charge in [0.25, 0.3) is 11.6 Å². The molecule has 2 aromatic carbocycles. The minimum atomic E-state index is -1.29. The molecule has 0 saturated carbocycles. The number of hydrogen-bond donors (Lipinski definition) is 3. The van der Waals surface area contributed by atoms with Crippen molar-refractivity contribution in [2.24, 2.45) is 4.99 Å². The number of nitrogens with zero attached hydrogens (tertiary/aromatic N) is 2. The van der Waals surface area contributed by atoms with Gasteiger partial charge in [0.2, 0.25) is 0 Å². The van der Waals surface area contributed by atoms with Crippen LogP contribution in [-0.2, 0) is 4.79 Å². The second-order valence-electron chi connectivity index (χ2n) is 5.34. The molecular formula is C17H11N3O6S. The third-order valence-corrected chi connectivity index (χ3v) is 4.40. The van der Waals surface area contributed by atoms with Crippen LogP contribution in [-0.4, -0.2) is 32.2 Å². The summed E-state index contributed by atoms with van der Waals surface area (Å²) >= 11 is 1.04. The van der Waals surface area contributed by atoms with Crippen LogP contribution in [0.3, 0.4) is 0 Å². The van der Waals surface area contributed by atoms with E-state index in [4.69, 9.17) is 5.11 Å². The molecule has 0 radical (unpaired) electrons. The first-order valence-electron chi connectivity index (χ1n) is 7.44. The lowest BCUT2D eigenvalue weighted by atomic mass is 10.2. The molecule has 0 atom stereocenters. The molecule has 136 valence electrons. The Hall–Kier alpha value is -3.66. The number of nitrogens with one attached hydrogen (secondary N) is 1. The normalized spacial score (nSPS) is 16.5. The SMILES string of the molecule is O=C1NC(=Nc2ccc(O)c(C(=O)O)c2)S/C1=C\c1ccc([N+](=O)[O-])cc1. The highest BCUT2D eigenvalue weighted by Gasteiger charge is 2.24. The first kappa shape index (κ1) is 18.1. The average molecular weight is 385 g/mol. The third kappa shape index (κ3) is 4.12. The van der Waals surface area contributed by atoms with Gasteiger partial charge in [-0.15, -0.1) is 0 Å². The zero-order valence-corrected chi connectivity index (χ0v) is 14.3. The Morgan fingerprint density at radius 3 is 2.56 bits per heavy atom. The summed E-state index contributed by atoms with van der Waals surface area (Å²) in [6, 6.07) is 9.53. The van der Waals surface area contributed by atoms with Crippen LogP contribution in [0.5, 0.6) is 5.75 Å². The maximum atomic E-state index is 12.1. The molecule has 1 amide bonds. The molecule has 27 heavy (non-hydrogen) atoms. The van der Waals surface area contributed by atoms with E-state index in [-0.39, 0.29) is 27.9 Å². The Labute approximate surface area is 156 Å². The number of carbonyl (C=O) groups excluding carboxylic acids is 1. The largest absolute Gasteiger partial charge is 0.507 e. The average Bonchev–Trinajstić information content (AvgIpc) is 2.96. The molecule has 9 nitrogen and oxygen atoms in total. The van der Waals surface area contributed by atoms with Gasteiger partial charge >= 0.3 is 5.97 Å². The molecule has 1 fully saturated rings. The molecular weight excluding hydrogens is 374 g/mol. The summed E-state index contributed by atoms with van der Waals surface area (Å²) in [5.41, 5.74) is 0.513. The Morgan fingerprint density at radius 1 is 1.22 bits per heavy atom. The highest BCUT2D eigenvalue weighted by Crippen LogP contribution is 2.30. The second kappa shape index (κ2) is 7.30. The summed E-state index contributed by atoms with van der Waals surface area (Å²) in [5, 5.41) is 32.0. The number of aromatic carboxylic acids is 1. The van der Waals surface area contributed by atoms with E-state index in [1.165, 1.54) is 42.5 Å². The van der Waals surface area contributed by atoms with E-state index < -0.39 is 16.8 Å². The zero-order valence-electron chi connectivity index (χ0n) is 13.4. The number of amides is 1. The number of thioether (sulfide) groups is 1. The number of hydrogen-bond acceptors (Lipinski definition) is 7. The van der Waals surface area contributed by atoms with E-state index in [2.05, 4.69) is 10.3 Å². The quantitative estimate of drug-likeness (QED) is 0.417. The maximum Gasteiger partial charge on any atom is 0.339 e. The van der Waals surface area contributed by atoms with Crippen molar-refractivity contribution in [1.82, 2.24) is 5.32 Å². The lowest BCUT2D eigenvalue weighted by Gasteiger charge is -2.01. The fourth-order valence-electron chi connectivity index (χ4n) is 2.21. The molecule has 1 saturated heterocycles. The van der Waals surface area contributed by atoms with Gasteiger partial charge in [-0.1, -0.05) is 0 Å². The van der Waals surface area contributed by atoms with Crippen LogP contribution in [0.15, 0.2) is 52.4 Å². The second-order valence-corrected chi connectivity index (χ2v) is 6.37. The van der Waals surface area contributed by atoms with E-state index in [1.54, 1.807) is 6.08 Å². The van der Waals surface area contributed by atoms with Crippen LogP contribution < -0.4 is 5.32 Å². The van der Waals surface area contributed by atoms with Crippen LogP contribution in [0.2, 0.25) is 0 Å². The van der Waals surface area contributed by atoms with E-state index >= 15 is 0 Å². The number of phenols is 1. The fourth-order valence-corrected chi connectivity index (χ4v) is 3.05. The molecule has 0 bridgehead atoms. The number of rotatable bonds is 4. The predicted molar refractivity (Wildman–Crippen MR) is 99.0 cm³/mol. The predicted octanol–water partition coefficient (Wildman–Crippen LogP) is 2.89. The van der Waals surface area contributed by atoms with Crippen molar-refractivity contribution >= 4 is 46.3 Å². The van der Waals surface area contributed by atoms with Gasteiger partial charge in [0, 0.05) is 12.1 Å². The Balaban J connectivity index is 1.82. The van der Waals surface area contributed by atoms with E-state index in [9.17, 15) is 24.8 Å². The Bertz CT molecular complexity index is 1010. The molecule has 1 aliphatic heterocycles. The number of aromatic hydroxyl groups is 1. The summed E-state index contributed by atoms with van der Waals surface area (Å²) in [6.45, 7) is 0. The summed E-state index contributed by atoms with van der Waals surface area (Å²) in [5.74, 6) is -2.07. The summed E-state index contributed by atoms with van der Waals surface area (Å²) < 4.78 is 0. The summed E-state index contributed by atoms with van der Waals surface area (Å²) in [7, 11) is 0. The van der Waals surface area contributed by atoms with E-state index in [0.717, 1.165) is 11.8 Å². The smallest absolute Gasteiger partial charge is 0.339 e. The van der Waals surface area contributed by atoms with Crippen molar-refractivity contribution in [2.75, 3.05) is 0 Å². The maximum absolute atomic E-state index is 12.1. The minimum Gasteiger partial charge on any atom is -0.507 e. The number of non-ortho nitro benzene ring substituents is 1. The highest BCUT2D eigenvalue weighted by atomic mass is 32.2. The van der Waals surface area contributed by atoms with Crippen LogP contribution >= 0.6 is 11.8 Å². The van der Waals surface area contributed by atoms with Gasteiger partial charge in [-0.2, -0.15) is 0 Å². The molecule has 10 heteroatoms. The molecule has 1 aliphatic rings. The number of carboxylic acid groups (broad SMARTS) is 1. The van der Waals surface area contributed by atoms with Gasteiger partial charge in [-0.25, -0.2) is 9.79 Å². The van der Waals surface area contributed by atoms with Crippen LogP contribution in [0.1, 0.15) is 15.9 Å². The number of nitro groups is 1. The van der Waals surface area contributed by atoms with Gasteiger partial charge in [-0.3, -0.25) is 14.9 Å². The van der Waals surface area contributed by atoms with Crippen LogP contribution in [0.25, 0.3) is 6.08 Å². The summed E-state index contributed by atoms with van der Waals surface area (Å²) in [6.07, 6.45) is 1.56. The third-order valence-electron chi connectivity index (χ3n) is 3.49. The number of benzene rings is 2. The fraction of sp³-hybridized carbons (Fsp3) is 0. The molecule has 1 heterocycles.